The van der Waals surface area contributed by atoms with Crippen LogP contribution in [0.5, 0.6) is 0 Å². The van der Waals surface area contributed by atoms with Crippen LogP contribution in [0.1, 0.15) is 29.1 Å². The number of ether oxygens (including phenoxy) is 2. The smallest absolute Gasteiger partial charge is 0.147 e. The molecule has 0 amide bonds. The Balaban J connectivity index is 1.63. The van der Waals surface area contributed by atoms with Crippen molar-refractivity contribution in [2.45, 2.75) is 43.7 Å². The quantitative estimate of drug-likeness (QED) is 0.640. The topological polar surface area (TPSA) is 44.2 Å². The second-order valence-corrected chi connectivity index (χ2v) is 7.62. The van der Waals surface area contributed by atoms with E-state index in [2.05, 4.69) is 4.98 Å². The number of hydrogen-bond donors (Lipinski definition) is 0. The van der Waals surface area contributed by atoms with Crippen molar-refractivity contribution in [3.8, 4) is 0 Å². The van der Waals surface area contributed by atoms with E-state index in [1.807, 2.05) is 30.0 Å². The number of aromatic nitrogens is 2. The summed E-state index contributed by atoms with van der Waals surface area (Å²) in [7, 11) is 0. The normalized spacial score (nSPS) is 21.9. The van der Waals surface area contributed by atoms with Gasteiger partial charge in [-0.1, -0.05) is 0 Å². The average molecular weight is 322 g/mol. The van der Waals surface area contributed by atoms with E-state index in [1.165, 1.54) is 39.9 Å². The SMILES string of the molecule is Cc1nc(SC[C@H]2CCOCO2)c2c3c(sc2n1)CCC3. The molecule has 4 nitrogen and oxygen atoms in total. The molecule has 2 aliphatic rings. The summed E-state index contributed by atoms with van der Waals surface area (Å²) in [6, 6.07) is 0. The lowest BCUT2D eigenvalue weighted by molar-refractivity contribution is -0.130. The molecule has 0 aromatic carbocycles. The third-order valence-electron chi connectivity index (χ3n) is 4.02. The second-order valence-electron chi connectivity index (χ2n) is 5.53. The van der Waals surface area contributed by atoms with Crippen LogP contribution < -0.4 is 0 Å². The van der Waals surface area contributed by atoms with Crippen LogP contribution in [0.25, 0.3) is 10.2 Å². The van der Waals surface area contributed by atoms with Crippen molar-refractivity contribution in [3.63, 3.8) is 0 Å². The molecular weight excluding hydrogens is 304 g/mol. The average Bonchev–Trinajstić information content (AvgIpc) is 3.06. The number of thiophene rings is 1. The number of aryl methyl sites for hydroxylation is 3. The fourth-order valence-electron chi connectivity index (χ4n) is 2.97. The molecule has 1 fully saturated rings. The first-order valence-corrected chi connectivity index (χ1v) is 9.22. The van der Waals surface area contributed by atoms with E-state index in [-0.39, 0.29) is 6.10 Å². The lowest BCUT2D eigenvalue weighted by Crippen LogP contribution is -2.25. The first-order chi connectivity index (χ1) is 10.3. The van der Waals surface area contributed by atoms with E-state index in [1.54, 1.807) is 0 Å². The van der Waals surface area contributed by atoms with Gasteiger partial charge in [0.25, 0.3) is 0 Å². The van der Waals surface area contributed by atoms with Crippen LogP contribution in [0.15, 0.2) is 5.03 Å². The maximum atomic E-state index is 5.63. The van der Waals surface area contributed by atoms with Gasteiger partial charge in [-0.25, -0.2) is 9.97 Å². The molecule has 112 valence electrons. The summed E-state index contributed by atoms with van der Waals surface area (Å²) < 4.78 is 10.9. The molecule has 6 heteroatoms. The highest BCUT2D eigenvalue weighted by Gasteiger charge is 2.23. The number of thioether (sulfide) groups is 1. The summed E-state index contributed by atoms with van der Waals surface area (Å²) in [5.41, 5.74) is 1.50. The van der Waals surface area contributed by atoms with Gasteiger partial charge >= 0.3 is 0 Å². The molecule has 1 saturated heterocycles. The molecule has 4 rings (SSSR count). The Morgan fingerprint density at radius 2 is 2.29 bits per heavy atom. The molecule has 0 bridgehead atoms. The van der Waals surface area contributed by atoms with Crippen molar-refractivity contribution in [2.75, 3.05) is 19.2 Å². The minimum Gasteiger partial charge on any atom is -0.355 e. The predicted molar refractivity (Wildman–Crippen MR) is 85.2 cm³/mol. The van der Waals surface area contributed by atoms with Crippen LogP contribution in [-0.2, 0) is 22.3 Å². The second kappa shape index (κ2) is 5.83. The molecule has 1 aliphatic carbocycles. The monoisotopic (exact) mass is 322 g/mol. The highest BCUT2D eigenvalue weighted by molar-refractivity contribution is 7.99. The van der Waals surface area contributed by atoms with Crippen molar-refractivity contribution >= 4 is 33.3 Å². The van der Waals surface area contributed by atoms with Gasteiger partial charge in [-0.15, -0.1) is 23.1 Å². The zero-order chi connectivity index (χ0) is 14.2. The highest BCUT2D eigenvalue weighted by atomic mass is 32.2. The Morgan fingerprint density at radius 3 is 3.14 bits per heavy atom. The van der Waals surface area contributed by atoms with Crippen LogP contribution in [0.3, 0.4) is 0 Å². The number of rotatable bonds is 3. The van der Waals surface area contributed by atoms with E-state index in [0.717, 1.165) is 29.6 Å². The maximum Gasteiger partial charge on any atom is 0.147 e. The van der Waals surface area contributed by atoms with Gasteiger partial charge in [-0.05, 0) is 38.2 Å². The molecular formula is C15H18N2O2S2. The van der Waals surface area contributed by atoms with E-state index in [9.17, 15) is 0 Å². The fraction of sp³-hybridized carbons (Fsp3) is 0.600. The van der Waals surface area contributed by atoms with Crippen molar-refractivity contribution in [2.24, 2.45) is 0 Å². The third-order valence-corrected chi connectivity index (χ3v) is 6.31. The van der Waals surface area contributed by atoms with Gasteiger partial charge in [-0.2, -0.15) is 0 Å². The molecule has 2 aromatic rings. The summed E-state index contributed by atoms with van der Waals surface area (Å²) in [5.74, 6) is 1.82. The lowest BCUT2D eigenvalue weighted by atomic mass is 10.2. The fourth-order valence-corrected chi connectivity index (χ4v) is 5.51. The Labute approximate surface area is 132 Å². The molecule has 0 saturated carbocycles. The van der Waals surface area contributed by atoms with E-state index >= 15 is 0 Å². The van der Waals surface area contributed by atoms with E-state index < -0.39 is 0 Å². The van der Waals surface area contributed by atoms with Gasteiger partial charge in [0.05, 0.1) is 12.7 Å². The van der Waals surface area contributed by atoms with Crippen molar-refractivity contribution in [3.05, 3.63) is 16.3 Å². The molecule has 0 N–H and O–H groups in total. The Morgan fingerprint density at radius 1 is 1.33 bits per heavy atom. The summed E-state index contributed by atoms with van der Waals surface area (Å²) in [6.45, 7) is 3.22. The number of hydrogen-bond acceptors (Lipinski definition) is 6. The molecule has 1 atom stereocenters. The summed E-state index contributed by atoms with van der Waals surface area (Å²) >= 11 is 3.68. The molecule has 21 heavy (non-hydrogen) atoms. The van der Waals surface area contributed by atoms with Crippen LogP contribution in [0, 0.1) is 6.92 Å². The molecule has 2 aromatic heterocycles. The predicted octanol–water partition coefficient (Wildman–Crippen LogP) is 3.34. The van der Waals surface area contributed by atoms with Gasteiger partial charge in [0, 0.05) is 16.0 Å². The first-order valence-electron chi connectivity index (χ1n) is 7.42. The Kier molecular flexibility index (Phi) is 3.87. The largest absolute Gasteiger partial charge is 0.355 e. The van der Waals surface area contributed by atoms with Crippen molar-refractivity contribution in [1.82, 2.24) is 9.97 Å². The number of nitrogens with zero attached hydrogens (tertiary/aromatic N) is 2. The first kappa shape index (κ1) is 13.9. The van der Waals surface area contributed by atoms with E-state index in [4.69, 9.17) is 14.5 Å². The van der Waals surface area contributed by atoms with Crippen molar-refractivity contribution < 1.29 is 9.47 Å². The summed E-state index contributed by atoms with van der Waals surface area (Å²) in [5, 5.41) is 2.46. The molecule has 0 radical (unpaired) electrons. The van der Waals surface area contributed by atoms with E-state index in [0.29, 0.717) is 6.79 Å². The third kappa shape index (κ3) is 2.70. The summed E-state index contributed by atoms with van der Waals surface area (Å²) in [6.07, 6.45) is 4.92. The Bertz CT molecular complexity index is 665. The van der Waals surface area contributed by atoms with Crippen LogP contribution in [0.2, 0.25) is 0 Å². The van der Waals surface area contributed by atoms with Gasteiger partial charge in [0.2, 0.25) is 0 Å². The van der Waals surface area contributed by atoms with Crippen molar-refractivity contribution in [1.29, 1.82) is 0 Å². The highest BCUT2D eigenvalue weighted by Crippen LogP contribution is 2.40. The molecule has 1 aliphatic heterocycles. The zero-order valence-electron chi connectivity index (χ0n) is 12.1. The molecule has 0 unspecified atom stereocenters. The van der Waals surface area contributed by atoms with Crippen LogP contribution >= 0.6 is 23.1 Å². The van der Waals surface area contributed by atoms with Crippen LogP contribution in [0.4, 0.5) is 0 Å². The zero-order valence-corrected chi connectivity index (χ0v) is 13.7. The van der Waals surface area contributed by atoms with Gasteiger partial charge < -0.3 is 9.47 Å². The summed E-state index contributed by atoms with van der Waals surface area (Å²) in [4.78, 5) is 12.0. The van der Waals surface area contributed by atoms with Gasteiger partial charge in [0.1, 0.15) is 22.5 Å². The lowest BCUT2D eigenvalue weighted by Gasteiger charge is -2.22. The molecule has 0 spiro atoms. The minimum absolute atomic E-state index is 0.278. The van der Waals surface area contributed by atoms with Gasteiger partial charge in [0.15, 0.2) is 0 Å². The maximum absolute atomic E-state index is 5.63. The Hall–Kier alpha value is -0.690. The van der Waals surface area contributed by atoms with Gasteiger partial charge in [-0.3, -0.25) is 0 Å². The number of fused-ring (bicyclic) bond motifs is 3. The molecule has 3 heterocycles. The minimum atomic E-state index is 0.278. The standard InChI is InChI=1S/C15H18N2O2S2/c1-9-16-14(20-7-10-5-6-18-8-19-10)13-11-3-2-4-12(11)21-15(13)17-9/h10H,2-8H2,1H3/t10-/m1/s1. The van der Waals surface area contributed by atoms with Crippen LogP contribution in [-0.4, -0.2) is 35.2 Å².